The Hall–Kier alpha value is -4.22. The summed E-state index contributed by atoms with van der Waals surface area (Å²) < 4.78 is 55.6. The molecule has 1 unspecified atom stereocenters. The Morgan fingerprint density at radius 1 is 1.05 bits per heavy atom. The third kappa shape index (κ3) is 4.98. The molecule has 3 N–H and O–H groups in total. The minimum Gasteiger partial charge on any atom is -0.506 e. The summed E-state index contributed by atoms with van der Waals surface area (Å²) in [6.45, 7) is 1.75. The fourth-order valence-electron chi connectivity index (χ4n) is 4.77. The first-order chi connectivity index (χ1) is 18.4. The number of benzene rings is 3. The number of ketones is 1. The van der Waals surface area contributed by atoms with Gasteiger partial charge in [0.1, 0.15) is 16.2 Å². The smallest absolute Gasteiger partial charge is 0.286 e. The number of amidine groups is 1. The van der Waals surface area contributed by atoms with E-state index in [2.05, 4.69) is 14.4 Å². The number of fused-ring (bicyclic) bond motifs is 2. The number of aliphatic hydroxyl groups excluding tert-OH is 1. The number of hydrogen-bond acceptors (Lipinski definition) is 7. The molecule has 0 fully saturated rings. The number of hydrogen-bond donors (Lipinski definition) is 3. The van der Waals surface area contributed by atoms with Gasteiger partial charge in [-0.3, -0.25) is 9.52 Å². The molecule has 200 valence electrons. The Kier molecular flexibility index (Phi) is 6.44. The van der Waals surface area contributed by atoms with Gasteiger partial charge in [-0.2, -0.15) is 8.42 Å². The summed E-state index contributed by atoms with van der Waals surface area (Å²) in [7, 11) is -8.00. The molecule has 9 nitrogen and oxygen atoms in total. The molecule has 11 heteroatoms. The van der Waals surface area contributed by atoms with E-state index in [0.29, 0.717) is 11.1 Å². The molecule has 0 bridgehead atoms. The lowest BCUT2D eigenvalue weighted by Crippen LogP contribution is -2.42. The normalized spacial score (nSPS) is 20.2. The predicted molar refractivity (Wildman–Crippen MR) is 152 cm³/mol. The number of anilines is 2. The lowest BCUT2D eigenvalue weighted by molar-refractivity contribution is -0.120. The van der Waals surface area contributed by atoms with Crippen LogP contribution in [0, 0.1) is 0 Å². The zero-order valence-electron chi connectivity index (χ0n) is 21.0. The van der Waals surface area contributed by atoms with E-state index >= 15 is 0 Å². The maximum Gasteiger partial charge on any atom is 0.286 e. The van der Waals surface area contributed by atoms with E-state index in [1.165, 1.54) is 12.1 Å². The number of rotatable bonds is 6. The van der Waals surface area contributed by atoms with Crippen LogP contribution in [0.5, 0.6) is 0 Å². The van der Waals surface area contributed by atoms with E-state index in [1.54, 1.807) is 31.2 Å². The van der Waals surface area contributed by atoms with E-state index in [9.17, 15) is 26.7 Å². The van der Waals surface area contributed by atoms with Gasteiger partial charge in [0.2, 0.25) is 10.0 Å². The monoisotopic (exact) mass is 563 g/mol. The summed E-state index contributed by atoms with van der Waals surface area (Å²) in [6.07, 6.45) is 5.01. The molecule has 1 heterocycles. The van der Waals surface area contributed by atoms with Gasteiger partial charge in [0.25, 0.3) is 10.0 Å². The van der Waals surface area contributed by atoms with Crippen molar-refractivity contribution in [3.8, 4) is 0 Å². The Morgan fingerprint density at radius 2 is 1.74 bits per heavy atom. The summed E-state index contributed by atoms with van der Waals surface area (Å²) in [5, 5.41) is 14.1. The van der Waals surface area contributed by atoms with Crippen LogP contribution < -0.4 is 10.0 Å². The molecule has 1 aliphatic heterocycles. The molecule has 0 saturated carbocycles. The van der Waals surface area contributed by atoms with Crippen LogP contribution >= 0.6 is 0 Å². The zero-order chi connectivity index (χ0) is 28.0. The summed E-state index contributed by atoms with van der Waals surface area (Å²) in [5.41, 5.74) is 0.757. The number of nitrogens with zero attached hydrogens (tertiary/aromatic N) is 1. The van der Waals surface area contributed by atoms with Gasteiger partial charge in [-0.1, -0.05) is 66.7 Å². The van der Waals surface area contributed by atoms with Gasteiger partial charge in [-0.05, 0) is 42.7 Å². The van der Waals surface area contributed by atoms with E-state index in [4.69, 9.17) is 0 Å². The second kappa shape index (κ2) is 9.51. The number of nitrogens with one attached hydrogen (secondary N) is 2. The second-order valence-corrected chi connectivity index (χ2v) is 12.9. The van der Waals surface area contributed by atoms with Crippen LogP contribution in [0.2, 0.25) is 0 Å². The average molecular weight is 564 g/mol. The summed E-state index contributed by atoms with van der Waals surface area (Å²) in [6, 6.07) is 20.4. The highest BCUT2D eigenvalue weighted by atomic mass is 32.2. The molecular formula is C28H25N3O6S2. The van der Waals surface area contributed by atoms with Crippen LogP contribution in [-0.4, -0.2) is 39.8 Å². The Labute approximate surface area is 226 Å². The molecule has 0 radical (unpaired) electrons. The third-order valence-corrected chi connectivity index (χ3v) is 8.56. The lowest BCUT2D eigenvalue weighted by atomic mass is 9.67. The van der Waals surface area contributed by atoms with Crippen LogP contribution in [0.25, 0.3) is 11.8 Å². The lowest BCUT2D eigenvalue weighted by Gasteiger charge is -2.35. The Bertz CT molecular complexity index is 1810. The highest BCUT2D eigenvalue weighted by Crippen LogP contribution is 2.43. The van der Waals surface area contributed by atoms with E-state index in [0.717, 1.165) is 17.9 Å². The van der Waals surface area contributed by atoms with Crippen molar-refractivity contribution in [3.05, 3.63) is 101 Å². The standard InChI is InChI=1S/C28H25N3O6S2/c1-28(16-8-11-18-9-4-3-5-10-18)21-13-7-6-12-20(21)25(32)24(26(28)33)27-29-22-15-14-19(30-38(2,34)35)17-23(22)39(36,37)31-27/h3-15,17,30,32H,16H2,1-2H3,(H,29,31). The van der Waals surface area contributed by atoms with Crippen LogP contribution in [0.15, 0.2) is 93.7 Å². The van der Waals surface area contributed by atoms with Crippen LogP contribution in [-0.2, 0) is 30.3 Å². The van der Waals surface area contributed by atoms with Crippen molar-refractivity contribution >= 4 is 54.9 Å². The van der Waals surface area contributed by atoms with Crippen LogP contribution in [0.1, 0.15) is 30.0 Å². The van der Waals surface area contributed by atoms with Crippen molar-refractivity contribution in [2.45, 2.75) is 23.7 Å². The predicted octanol–water partition coefficient (Wildman–Crippen LogP) is 4.48. The highest BCUT2D eigenvalue weighted by molar-refractivity contribution is 7.92. The number of Topliss-reactive ketones (excluding diaryl/α,β-unsaturated/α-hetero) is 1. The van der Waals surface area contributed by atoms with Crippen molar-refractivity contribution in [3.63, 3.8) is 0 Å². The molecule has 39 heavy (non-hydrogen) atoms. The molecule has 5 rings (SSSR count). The van der Waals surface area contributed by atoms with Gasteiger partial charge in [0, 0.05) is 11.3 Å². The molecule has 3 aromatic carbocycles. The topological polar surface area (TPSA) is 142 Å². The quantitative estimate of drug-likeness (QED) is 0.401. The molecule has 0 spiro atoms. The van der Waals surface area contributed by atoms with Gasteiger partial charge in [0.05, 0.1) is 17.4 Å². The Balaban J connectivity index is 1.57. The van der Waals surface area contributed by atoms with Gasteiger partial charge < -0.3 is 10.4 Å². The largest absolute Gasteiger partial charge is 0.506 e. The molecule has 0 saturated heterocycles. The van der Waals surface area contributed by atoms with Gasteiger partial charge in [-0.15, -0.1) is 4.40 Å². The fourth-order valence-corrected chi connectivity index (χ4v) is 6.48. The summed E-state index contributed by atoms with van der Waals surface area (Å²) in [5.74, 6) is -1.17. The number of aliphatic hydroxyl groups is 1. The average Bonchev–Trinajstić information content (AvgIpc) is 2.88. The maximum absolute atomic E-state index is 14.1. The molecule has 1 atom stereocenters. The van der Waals surface area contributed by atoms with Crippen molar-refractivity contribution in [1.82, 2.24) is 0 Å². The maximum atomic E-state index is 14.1. The Morgan fingerprint density at radius 3 is 2.46 bits per heavy atom. The molecule has 1 aliphatic carbocycles. The van der Waals surface area contributed by atoms with Crippen molar-refractivity contribution in [1.29, 1.82) is 0 Å². The summed E-state index contributed by atoms with van der Waals surface area (Å²) in [4.78, 5) is 13.8. The molecule has 0 amide bonds. The summed E-state index contributed by atoms with van der Waals surface area (Å²) >= 11 is 0. The van der Waals surface area contributed by atoms with Gasteiger partial charge >= 0.3 is 0 Å². The molecule has 3 aromatic rings. The zero-order valence-corrected chi connectivity index (χ0v) is 22.7. The SMILES string of the molecule is CC1(CC=Cc2ccccc2)C(=O)C(C2=NS(=O)(=O)c3cc(NS(C)(=O)=O)ccc3N2)=C(O)c2ccccc21. The second-order valence-electron chi connectivity index (χ2n) is 9.57. The van der Waals surface area contributed by atoms with E-state index in [-0.39, 0.29) is 39.9 Å². The van der Waals surface area contributed by atoms with E-state index < -0.39 is 31.2 Å². The number of carbonyl (C=O) groups excluding carboxylic acids is 1. The number of sulfonamides is 2. The van der Waals surface area contributed by atoms with Crippen molar-refractivity contribution in [2.75, 3.05) is 16.3 Å². The first-order valence-corrected chi connectivity index (χ1v) is 15.3. The molecular weight excluding hydrogens is 538 g/mol. The minimum absolute atomic E-state index is 0.0442. The molecule has 0 aromatic heterocycles. The molecule has 2 aliphatic rings. The first kappa shape index (κ1) is 26.4. The van der Waals surface area contributed by atoms with Crippen LogP contribution in [0.3, 0.4) is 0 Å². The van der Waals surface area contributed by atoms with Gasteiger partial charge in [0.15, 0.2) is 11.6 Å². The first-order valence-electron chi connectivity index (χ1n) is 11.9. The highest BCUT2D eigenvalue weighted by Gasteiger charge is 2.46. The number of allylic oxidation sites excluding steroid dienone is 1. The fraction of sp³-hybridized carbons (Fsp3) is 0.143. The van der Waals surface area contributed by atoms with Crippen molar-refractivity contribution < 1.29 is 26.7 Å². The minimum atomic E-state index is -4.35. The van der Waals surface area contributed by atoms with Crippen molar-refractivity contribution in [2.24, 2.45) is 4.40 Å². The van der Waals surface area contributed by atoms with Crippen LogP contribution in [0.4, 0.5) is 11.4 Å². The number of carbonyl (C=O) groups is 1. The third-order valence-electron chi connectivity index (χ3n) is 6.64. The van der Waals surface area contributed by atoms with E-state index in [1.807, 2.05) is 42.5 Å². The van der Waals surface area contributed by atoms with Gasteiger partial charge in [-0.25, -0.2) is 8.42 Å².